The Balaban J connectivity index is 2.15. The van der Waals surface area contributed by atoms with Gasteiger partial charge in [-0.05, 0) is 38.0 Å². The highest BCUT2D eigenvalue weighted by molar-refractivity contribution is 6.53. The zero-order valence-corrected chi connectivity index (χ0v) is 13.7. The predicted octanol–water partition coefficient (Wildman–Crippen LogP) is 3.87. The standard InChI is InChI=1S/C15H18Cl2N2O2/c1-4-12(20)18-10-6-5-9(2)11(7-10)19-13(21)14(3)8-15(14,16)17/h5-7H,4,8H2,1-3H3,(H,18,20)(H,19,21)/t14-/m0/s1. The maximum Gasteiger partial charge on any atom is 0.233 e. The smallest absolute Gasteiger partial charge is 0.233 e. The van der Waals surface area contributed by atoms with Gasteiger partial charge in [0.1, 0.15) is 4.33 Å². The number of hydrogen-bond donors (Lipinski definition) is 2. The van der Waals surface area contributed by atoms with E-state index in [-0.39, 0.29) is 11.8 Å². The fourth-order valence-corrected chi connectivity index (χ4v) is 2.70. The molecule has 0 saturated heterocycles. The summed E-state index contributed by atoms with van der Waals surface area (Å²) in [7, 11) is 0. The summed E-state index contributed by atoms with van der Waals surface area (Å²) in [5.74, 6) is -0.291. The summed E-state index contributed by atoms with van der Waals surface area (Å²) in [6, 6.07) is 5.37. The number of alkyl halides is 2. The maximum atomic E-state index is 12.3. The maximum absolute atomic E-state index is 12.3. The van der Waals surface area contributed by atoms with E-state index in [1.807, 2.05) is 13.0 Å². The van der Waals surface area contributed by atoms with Crippen LogP contribution in [-0.4, -0.2) is 16.1 Å². The largest absolute Gasteiger partial charge is 0.326 e. The van der Waals surface area contributed by atoms with Gasteiger partial charge in [0.2, 0.25) is 11.8 Å². The van der Waals surface area contributed by atoms with Crippen LogP contribution in [0.1, 0.15) is 32.3 Å². The molecule has 1 saturated carbocycles. The minimum Gasteiger partial charge on any atom is -0.326 e. The normalized spacial score (nSPS) is 22.5. The van der Waals surface area contributed by atoms with E-state index in [1.165, 1.54) is 0 Å². The number of amides is 2. The van der Waals surface area contributed by atoms with Crippen molar-refractivity contribution in [1.82, 2.24) is 0 Å². The van der Waals surface area contributed by atoms with Crippen molar-refractivity contribution in [3.8, 4) is 0 Å². The molecule has 2 rings (SSSR count). The molecule has 1 atom stereocenters. The van der Waals surface area contributed by atoms with Crippen LogP contribution in [0, 0.1) is 12.3 Å². The first-order chi connectivity index (χ1) is 9.69. The monoisotopic (exact) mass is 328 g/mol. The third kappa shape index (κ3) is 3.16. The first kappa shape index (κ1) is 16.1. The molecule has 0 aromatic heterocycles. The van der Waals surface area contributed by atoms with Crippen LogP contribution in [0.5, 0.6) is 0 Å². The molecular weight excluding hydrogens is 311 g/mol. The zero-order valence-electron chi connectivity index (χ0n) is 12.2. The Morgan fingerprint density at radius 2 is 1.90 bits per heavy atom. The number of rotatable bonds is 4. The lowest BCUT2D eigenvalue weighted by Crippen LogP contribution is -2.26. The van der Waals surface area contributed by atoms with Crippen molar-refractivity contribution in [3.05, 3.63) is 23.8 Å². The third-order valence-corrected chi connectivity index (χ3v) is 4.95. The van der Waals surface area contributed by atoms with E-state index in [0.29, 0.717) is 24.2 Å². The fraction of sp³-hybridized carbons (Fsp3) is 0.467. The van der Waals surface area contributed by atoms with Crippen LogP contribution < -0.4 is 10.6 Å². The Hall–Kier alpha value is -1.26. The summed E-state index contributed by atoms with van der Waals surface area (Å²) < 4.78 is -1.00. The van der Waals surface area contributed by atoms with E-state index in [4.69, 9.17) is 23.2 Å². The van der Waals surface area contributed by atoms with E-state index in [9.17, 15) is 9.59 Å². The van der Waals surface area contributed by atoms with Crippen molar-refractivity contribution in [1.29, 1.82) is 0 Å². The summed E-state index contributed by atoms with van der Waals surface area (Å²) in [5.41, 5.74) is 1.42. The van der Waals surface area contributed by atoms with E-state index >= 15 is 0 Å². The molecule has 2 amide bonds. The number of halogens is 2. The molecule has 4 nitrogen and oxygen atoms in total. The van der Waals surface area contributed by atoms with E-state index in [0.717, 1.165) is 5.56 Å². The summed E-state index contributed by atoms with van der Waals surface area (Å²) in [6.45, 7) is 5.39. The van der Waals surface area contributed by atoms with Gasteiger partial charge in [-0.1, -0.05) is 13.0 Å². The number of nitrogens with one attached hydrogen (secondary N) is 2. The molecule has 1 aromatic carbocycles. The Bertz CT molecular complexity index is 601. The highest BCUT2D eigenvalue weighted by Crippen LogP contribution is 2.64. The number of aryl methyl sites for hydroxylation is 1. The number of anilines is 2. The molecule has 1 aromatic rings. The predicted molar refractivity (Wildman–Crippen MR) is 85.9 cm³/mol. The molecule has 1 aliphatic rings. The molecule has 1 fully saturated rings. The van der Waals surface area contributed by atoms with Crippen LogP contribution in [0.3, 0.4) is 0 Å². The fourth-order valence-electron chi connectivity index (χ4n) is 1.99. The second-order valence-corrected chi connectivity index (χ2v) is 7.08. The second-order valence-electron chi connectivity index (χ2n) is 5.60. The molecular formula is C15H18Cl2N2O2. The molecule has 21 heavy (non-hydrogen) atoms. The molecule has 6 heteroatoms. The highest BCUT2D eigenvalue weighted by atomic mass is 35.5. The van der Waals surface area contributed by atoms with Gasteiger partial charge in [0.15, 0.2) is 0 Å². The van der Waals surface area contributed by atoms with E-state index < -0.39 is 9.75 Å². The lowest BCUT2D eigenvalue weighted by molar-refractivity contribution is -0.120. The molecule has 0 unspecified atom stereocenters. The average molecular weight is 329 g/mol. The lowest BCUT2D eigenvalue weighted by atomic mass is 10.1. The SMILES string of the molecule is CCC(=O)Nc1ccc(C)c(NC(=O)[C@]2(C)CC2(Cl)Cl)c1. The molecule has 0 spiro atoms. The number of carbonyl (C=O) groups excluding carboxylic acids is 2. The summed E-state index contributed by atoms with van der Waals surface area (Å²) in [5, 5.41) is 5.60. The van der Waals surface area contributed by atoms with Crippen molar-refractivity contribution in [2.75, 3.05) is 10.6 Å². The van der Waals surface area contributed by atoms with E-state index in [1.54, 1.807) is 26.0 Å². The topological polar surface area (TPSA) is 58.2 Å². The van der Waals surface area contributed by atoms with Crippen LogP contribution in [0.25, 0.3) is 0 Å². The summed E-state index contributed by atoms with van der Waals surface area (Å²) in [4.78, 5) is 23.7. The minimum absolute atomic E-state index is 0.0779. The number of hydrogen-bond acceptors (Lipinski definition) is 2. The molecule has 2 N–H and O–H groups in total. The van der Waals surface area contributed by atoms with Gasteiger partial charge < -0.3 is 10.6 Å². The number of carbonyl (C=O) groups is 2. The van der Waals surface area contributed by atoms with Gasteiger partial charge in [-0.15, -0.1) is 23.2 Å². The molecule has 0 aliphatic heterocycles. The Kier molecular flexibility index (Phi) is 4.22. The lowest BCUT2D eigenvalue weighted by Gasteiger charge is -2.15. The molecule has 0 radical (unpaired) electrons. The minimum atomic E-state index is -1.00. The summed E-state index contributed by atoms with van der Waals surface area (Å²) >= 11 is 12.0. The van der Waals surface area contributed by atoms with Crippen molar-refractivity contribution in [3.63, 3.8) is 0 Å². The molecule has 1 aliphatic carbocycles. The van der Waals surface area contributed by atoms with Gasteiger partial charge in [0.25, 0.3) is 0 Å². The van der Waals surface area contributed by atoms with Crippen LogP contribution in [0.15, 0.2) is 18.2 Å². The van der Waals surface area contributed by atoms with Crippen molar-refractivity contribution in [2.45, 2.75) is 37.9 Å². The van der Waals surface area contributed by atoms with Crippen LogP contribution in [-0.2, 0) is 9.59 Å². The zero-order chi connectivity index (χ0) is 15.8. The Morgan fingerprint density at radius 1 is 1.29 bits per heavy atom. The van der Waals surface area contributed by atoms with Gasteiger partial charge in [0.05, 0.1) is 5.41 Å². The van der Waals surface area contributed by atoms with Crippen LogP contribution in [0.4, 0.5) is 11.4 Å². The van der Waals surface area contributed by atoms with Gasteiger partial charge in [-0.25, -0.2) is 0 Å². The van der Waals surface area contributed by atoms with Crippen molar-refractivity contribution >= 4 is 46.4 Å². The van der Waals surface area contributed by atoms with Gasteiger partial charge in [-0.2, -0.15) is 0 Å². The van der Waals surface area contributed by atoms with Crippen molar-refractivity contribution < 1.29 is 9.59 Å². The quantitative estimate of drug-likeness (QED) is 0.824. The highest BCUT2D eigenvalue weighted by Gasteiger charge is 2.67. The molecule has 114 valence electrons. The molecule has 0 bridgehead atoms. The summed E-state index contributed by atoms with van der Waals surface area (Å²) in [6.07, 6.45) is 0.828. The third-order valence-electron chi connectivity index (χ3n) is 3.85. The van der Waals surface area contributed by atoms with Gasteiger partial charge in [-0.3, -0.25) is 9.59 Å². The van der Waals surface area contributed by atoms with Crippen molar-refractivity contribution in [2.24, 2.45) is 5.41 Å². The first-order valence-corrected chi connectivity index (χ1v) is 7.55. The van der Waals surface area contributed by atoms with E-state index in [2.05, 4.69) is 10.6 Å². The van der Waals surface area contributed by atoms with Crippen LogP contribution in [0.2, 0.25) is 0 Å². The average Bonchev–Trinajstić information content (AvgIpc) is 2.94. The van der Waals surface area contributed by atoms with Crippen LogP contribution >= 0.6 is 23.2 Å². The second kappa shape index (κ2) is 5.50. The van der Waals surface area contributed by atoms with Gasteiger partial charge >= 0.3 is 0 Å². The Morgan fingerprint density at radius 3 is 2.43 bits per heavy atom. The van der Waals surface area contributed by atoms with Gasteiger partial charge in [0, 0.05) is 17.8 Å². The first-order valence-electron chi connectivity index (χ1n) is 6.79. The molecule has 0 heterocycles. The number of benzene rings is 1. The Labute approximate surface area is 134 Å².